The Balaban J connectivity index is 3.21. The van der Waals surface area contributed by atoms with Gasteiger partial charge in [-0.15, -0.1) is 0 Å². The smallest absolute Gasteiger partial charge is 0.309 e. The molecule has 0 aliphatic rings. The van der Waals surface area contributed by atoms with Gasteiger partial charge in [0.15, 0.2) is 0 Å². The molecule has 0 aliphatic heterocycles. The number of aliphatic carboxylic acids is 1. The summed E-state index contributed by atoms with van der Waals surface area (Å²) in [6.07, 6.45) is -3.42. The second-order valence-electron chi connectivity index (χ2n) is 3.02. The first kappa shape index (κ1) is 11.4. The van der Waals surface area contributed by atoms with Gasteiger partial charge < -0.3 is 10.2 Å². The van der Waals surface area contributed by atoms with Gasteiger partial charge in [-0.2, -0.15) is 0 Å². The van der Waals surface area contributed by atoms with Gasteiger partial charge in [-0.05, 0) is 13.0 Å². The van der Waals surface area contributed by atoms with E-state index in [1.165, 1.54) is 6.92 Å². The minimum Gasteiger partial charge on any atom is -0.506 e. The second kappa shape index (κ2) is 4.20. The van der Waals surface area contributed by atoms with Crippen LogP contribution in [0.5, 0.6) is 5.75 Å². The van der Waals surface area contributed by atoms with E-state index in [1.807, 2.05) is 0 Å². The Labute approximate surface area is 84.2 Å². The first-order valence-corrected chi connectivity index (χ1v) is 4.11. The molecule has 0 saturated heterocycles. The molecule has 1 heterocycles. The number of aryl methyl sites for hydroxylation is 1. The maximum atomic E-state index is 12.4. The molecule has 82 valence electrons. The SMILES string of the molecule is Cc1cc(C(F)F)c(O)c(CC(=O)O)n1. The molecule has 0 aliphatic carbocycles. The van der Waals surface area contributed by atoms with Gasteiger partial charge in [0.1, 0.15) is 5.75 Å². The molecule has 15 heavy (non-hydrogen) atoms. The maximum absolute atomic E-state index is 12.4. The van der Waals surface area contributed by atoms with E-state index in [0.717, 1.165) is 6.07 Å². The van der Waals surface area contributed by atoms with Crippen molar-refractivity contribution in [1.29, 1.82) is 0 Å². The number of nitrogens with zero attached hydrogens (tertiary/aromatic N) is 1. The number of aromatic hydroxyl groups is 1. The summed E-state index contributed by atoms with van der Waals surface area (Å²) in [4.78, 5) is 14.1. The number of alkyl halides is 2. The Morgan fingerprint density at radius 2 is 2.20 bits per heavy atom. The van der Waals surface area contributed by atoms with Crippen LogP contribution in [0.1, 0.15) is 23.4 Å². The molecule has 0 amide bonds. The van der Waals surface area contributed by atoms with Crippen molar-refractivity contribution in [1.82, 2.24) is 4.98 Å². The summed E-state index contributed by atoms with van der Waals surface area (Å²) < 4.78 is 24.8. The zero-order chi connectivity index (χ0) is 11.6. The van der Waals surface area contributed by atoms with Crippen molar-refractivity contribution in [3.05, 3.63) is 23.0 Å². The number of rotatable bonds is 3. The lowest BCUT2D eigenvalue weighted by Gasteiger charge is -2.08. The molecule has 2 N–H and O–H groups in total. The summed E-state index contributed by atoms with van der Waals surface area (Å²) in [6.45, 7) is 1.46. The molecule has 0 unspecified atom stereocenters. The minimum absolute atomic E-state index is 0.238. The molecular weight excluding hydrogens is 208 g/mol. The molecule has 1 aromatic heterocycles. The first-order chi connectivity index (χ1) is 6.91. The summed E-state index contributed by atoms with van der Waals surface area (Å²) in [5.41, 5.74) is -0.573. The Morgan fingerprint density at radius 3 is 2.67 bits per heavy atom. The number of carbonyl (C=O) groups is 1. The van der Waals surface area contributed by atoms with Crippen molar-refractivity contribution in [2.45, 2.75) is 19.8 Å². The number of hydrogen-bond donors (Lipinski definition) is 2. The lowest BCUT2D eigenvalue weighted by Crippen LogP contribution is -2.05. The lowest BCUT2D eigenvalue weighted by atomic mass is 10.1. The minimum atomic E-state index is -2.85. The van der Waals surface area contributed by atoms with Crippen LogP contribution in [-0.4, -0.2) is 21.2 Å². The Morgan fingerprint density at radius 1 is 1.60 bits per heavy atom. The predicted octanol–water partition coefficient (Wildman–Crippen LogP) is 1.66. The zero-order valence-corrected chi connectivity index (χ0v) is 7.87. The van der Waals surface area contributed by atoms with E-state index in [9.17, 15) is 18.7 Å². The van der Waals surface area contributed by atoms with Crippen molar-refractivity contribution in [3.63, 3.8) is 0 Å². The van der Waals surface area contributed by atoms with Gasteiger partial charge in [-0.3, -0.25) is 9.78 Å². The van der Waals surface area contributed by atoms with Crippen LogP contribution in [0.3, 0.4) is 0 Å². The van der Waals surface area contributed by atoms with E-state index in [4.69, 9.17) is 5.11 Å². The van der Waals surface area contributed by atoms with Crippen LogP contribution in [0, 0.1) is 6.92 Å². The van der Waals surface area contributed by atoms with Crippen molar-refractivity contribution in [2.24, 2.45) is 0 Å². The van der Waals surface area contributed by atoms with E-state index in [-0.39, 0.29) is 11.4 Å². The van der Waals surface area contributed by atoms with Crippen LogP contribution >= 0.6 is 0 Å². The molecule has 1 rings (SSSR count). The maximum Gasteiger partial charge on any atom is 0.309 e. The van der Waals surface area contributed by atoms with Crippen LogP contribution < -0.4 is 0 Å². The number of halogens is 2. The molecular formula is C9H9F2NO3. The molecule has 6 heteroatoms. The van der Waals surface area contributed by atoms with Crippen LogP contribution in [0.2, 0.25) is 0 Å². The van der Waals surface area contributed by atoms with E-state index < -0.39 is 30.1 Å². The van der Waals surface area contributed by atoms with Gasteiger partial charge in [0.2, 0.25) is 0 Å². The van der Waals surface area contributed by atoms with E-state index in [1.54, 1.807) is 0 Å². The van der Waals surface area contributed by atoms with Crippen molar-refractivity contribution < 1.29 is 23.8 Å². The molecule has 0 spiro atoms. The van der Waals surface area contributed by atoms with Gasteiger partial charge >= 0.3 is 5.97 Å². The average molecular weight is 217 g/mol. The van der Waals surface area contributed by atoms with Gasteiger partial charge in [-0.25, -0.2) is 8.78 Å². The fourth-order valence-corrected chi connectivity index (χ4v) is 1.19. The topological polar surface area (TPSA) is 70.4 Å². The summed E-state index contributed by atoms with van der Waals surface area (Å²) in [6, 6.07) is 1.03. The molecule has 0 aromatic carbocycles. The van der Waals surface area contributed by atoms with Crippen LogP contribution in [0.4, 0.5) is 8.78 Å². The third kappa shape index (κ3) is 2.61. The molecule has 0 saturated carbocycles. The summed E-state index contributed by atoms with van der Waals surface area (Å²) in [7, 11) is 0. The van der Waals surface area contributed by atoms with E-state index in [0.29, 0.717) is 0 Å². The highest BCUT2D eigenvalue weighted by Crippen LogP contribution is 2.30. The fourth-order valence-electron chi connectivity index (χ4n) is 1.19. The van der Waals surface area contributed by atoms with E-state index >= 15 is 0 Å². The normalized spacial score (nSPS) is 10.7. The van der Waals surface area contributed by atoms with Crippen molar-refractivity contribution >= 4 is 5.97 Å². The summed E-state index contributed by atoms with van der Waals surface area (Å²) >= 11 is 0. The predicted molar refractivity (Wildman–Crippen MR) is 46.9 cm³/mol. The van der Waals surface area contributed by atoms with Crippen LogP contribution in [-0.2, 0) is 11.2 Å². The average Bonchev–Trinajstić information content (AvgIpc) is 2.09. The van der Waals surface area contributed by atoms with Gasteiger partial charge in [0.05, 0.1) is 17.7 Å². The van der Waals surface area contributed by atoms with Crippen LogP contribution in [0.25, 0.3) is 0 Å². The zero-order valence-electron chi connectivity index (χ0n) is 7.87. The van der Waals surface area contributed by atoms with Crippen LogP contribution in [0.15, 0.2) is 6.07 Å². The highest BCUT2D eigenvalue weighted by Gasteiger charge is 2.19. The standard InChI is InChI=1S/C9H9F2NO3/c1-4-2-5(9(10)11)8(15)6(12-4)3-7(13)14/h2,9,15H,3H2,1H3,(H,13,14). The largest absolute Gasteiger partial charge is 0.506 e. The molecule has 4 nitrogen and oxygen atoms in total. The molecule has 0 atom stereocenters. The summed E-state index contributed by atoms with van der Waals surface area (Å²) in [5, 5.41) is 17.8. The third-order valence-corrected chi connectivity index (χ3v) is 1.78. The second-order valence-corrected chi connectivity index (χ2v) is 3.02. The Hall–Kier alpha value is -1.72. The highest BCUT2D eigenvalue weighted by atomic mass is 19.3. The Bertz CT molecular complexity index is 393. The number of carboxylic acid groups (broad SMARTS) is 1. The van der Waals surface area contributed by atoms with Gasteiger partial charge in [0.25, 0.3) is 6.43 Å². The van der Waals surface area contributed by atoms with Crippen molar-refractivity contribution in [3.8, 4) is 5.75 Å². The quantitative estimate of drug-likeness (QED) is 0.807. The van der Waals surface area contributed by atoms with Gasteiger partial charge in [0, 0.05) is 5.69 Å². The molecule has 0 fully saturated rings. The third-order valence-electron chi connectivity index (χ3n) is 1.78. The van der Waals surface area contributed by atoms with E-state index in [2.05, 4.69) is 4.98 Å². The first-order valence-electron chi connectivity index (χ1n) is 4.11. The number of aromatic nitrogens is 1. The monoisotopic (exact) mass is 217 g/mol. The molecule has 0 bridgehead atoms. The fraction of sp³-hybridized carbons (Fsp3) is 0.333. The highest BCUT2D eigenvalue weighted by molar-refractivity contribution is 5.70. The molecule has 1 aromatic rings. The number of hydrogen-bond acceptors (Lipinski definition) is 3. The van der Waals surface area contributed by atoms with Gasteiger partial charge in [-0.1, -0.05) is 0 Å². The lowest BCUT2D eigenvalue weighted by molar-refractivity contribution is -0.136. The summed E-state index contributed by atoms with van der Waals surface area (Å²) in [5.74, 6) is -1.97. The Kier molecular flexibility index (Phi) is 3.18. The number of carboxylic acids is 1. The number of pyridine rings is 1. The molecule has 0 radical (unpaired) electrons. The van der Waals surface area contributed by atoms with Crippen molar-refractivity contribution in [2.75, 3.05) is 0 Å².